The molecule has 0 aromatic heterocycles. The number of hydrogen-bond acceptors (Lipinski definition) is 1. The van der Waals surface area contributed by atoms with Crippen LogP contribution < -0.4 is 5.32 Å². The topological polar surface area (TPSA) is 12.0 Å². The van der Waals surface area contributed by atoms with Crippen LogP contribution in [0, 0.1) is 12.8 Å². The Morgan fingerprint density at radius 3 is 2.50 bits per heavy atom. The van der Waals surface area contributed by atoms with E-state index < -0.39 is 0 Å². The Morgan fingerprint density at radius 2 is 1.73 bits per heavy atom. The van der Waals surface area contributed by atoms with Crippen molar-refractivity contribution in [2.75, 3.05) is 11.9 Å². The van der Waals surface area contributed by atoms with Gasteiger partial charge in [0.1, 0.15) is 0 Å². The van der Waals surface area contributed by atoms with Gasteiger partial charge in [0.25, 0.3) is 0 Å². The number of allylic oxidation sites excluding steroid dienone is 5. The molecule has 0 atom stereocenters. The van der Waals surface area contributed by atoms with E-state index in [1.807, 2.05) is 0 Å². The molecule has 5 rings (SSSR count). The predicted octanol–water partition coefficient (Wildman–Crippen LogP) is 6.26. The molecule has 130 valence electrons. The number of nitrogens with one attached hydrogen (secondary N) is 1. The molecule has 0 heterocycles. The van der Waals surface area contributed by atoms with E-state index in [0.717, 1.165) is 25.3 Å². The average Bonchev–Trinajstić information content (AvgIpc) is 3.16. The number of benzene rings is 2. The summed E-state index contributed by atoms with van der Waals surface area (Å²) in [6.07, 6.45) is 14.0. The van der Waals surface area contributed by atoms with Crippen molar-refractivity contribution in [2.45, 2.75) is 32.6 Å². The Bertz CT molecular complexity index is 954. The van der Waals surface area contributed by atoms with Gasteiger partial charge in [0.05, 0.1) is 0 Å². The molecule has 3 aliphatic rings. The maximum absolute atomic E-state index is 3.61. The number of rotatable bonds is 5. The third kappa shape index (κ3) is 3.03. The molecule has 0 saturated heterocycles. The van der Waals surface area contributed by atoms with E-state index in [9.17, 15) is 0 Å². The van der Waals surface area contributed by atoms with Crippen LogP contribution >= 0.6 is 0 Å². The second-order valence-electron chi connectivity index (χ2n) is 7.93. The van der Waals surface area contributed by atoms with Crippen molar-refractivity contribution in [1.29, 1.82) is 0 Å². The third-order valence-corrected chi connectivity index (χ3v) is 5.89. The summed E-state index contributed by atoms with van der Waals surface area (Å²) in [4.78, 5) is 0. The molecule has 0 radical (unpaired) electrons. The molecule has 1 N–H and O–H groups in total. The molecule has 0 unspecified atom stereocenters. The van der Waals surface area contributed by atoms with Crippen LogP contribution in [0.5, 0.6) is 0 Å². The van der Waals surface area contributed by atoms with Gasteiger partial charge in [0.15, 0.2) is 0 Å². The van der Waals surface area contributed by atoms with Crippen LogP contribution in [0.2, 0.25) is 0 Å². The molecule has 1 nitrogen and oxygen atoms in total. The van der Waals surface area contributed by atoms with Gasteiger partial charge in [0.2, 0.25) is 0 Å². The van der Waals surface area contributed by atoms with Crippen molar-refractivity contribution >= 4 is 22.9 Å². The molecule has 0 bridgehead atoms. The fourth-order valence-electron chi connectivity index (χ4n) is 4.01. The van der Waals surface area contributed by atoms with Gasteiger partial charge < -0.3 is 5.32 Å². The Kier molecular flexibility index (Phi) is 3.81. The number of fused-ring (bicyclic) bond motifs is 1. The van der Waals surface area contributed by atoms with Crippen LogP contribution in [0.4, 0.5) is 5.69 Å². The van der Waals surface area contributed by atoms with Gasteiger partial charge in [-0.2, -0.15) is 0 Å². The van der Waals surface area contributed by atoms with Crippen LogP contribution in [-0.2, 0) is 6.42 Å². The van der Waals surface area contributed by atoms with Gasteiger partial charge in [-0.15, -0.1) is 0 Å². The Labute approximate surface area is 156 Å². The molecule has 26 heavy (non-hydrogen) atoms. The molecule has 0 amide bonds. The van der Waals surface area contributed by atoms with Gasteiger partial charge in [-0.25, -0.2) is 0 Å². The summed E-state index contributed by atoms with van der Waals surface area (Å²) < 4.78 is 0. The maximum Gasteiger partial charge on any atom is 0.0370 e. The van der Waals surface area contributed by atoms with Gasteiger partial charge in [-0.3, -0.25) is 0 Å². The summed E-state index contributed by atoms with van der Waals surface area (Å²) in [5, 5.41) is 3.61. The molecule has 3 aliphatic carbocycles. The van der Waals surface area contributed by atoms with Gasteiger partial charge in [0, 0.05) is 12.2 Å². The third-order valence-electron chi connectivity index (χ3n) is 5.89. The van der Waals surface area contributed by atoms with Crippen molar-refractivity contribution in [3.63, 3.8) is 0 Å². The normalized spacial score (nSPS) is 17.9. The van der Waals surface area contributed by atoms with Crippen LogP contribution in [0.3, 0.4) is 0 Å². The van der Waals surface area contributed by atoms with E-state index in [1.54, 1.807) is 0 Å². The van der Waals surface area contributed by atoms with Crippen molar-refractivity contribution in [2.24, 2.45) is 5.92 Å². The SMILES string of the molecule is Cc1cc(C2=CC=C(c3ccc4c(c3)C=CC4)C2)ccc1NCC1CC1. The molecule has 0 aliphatic heterocycles. The highest BCUT2D eigenvalue weighted by molar-refractivity contribution is 5.87. The minimum atomic E-state index is 0.903. The largest absolute Gasteiger partial charge is 0.385 e. The van der Waals surface area contributed by atoms with Gasteiger partial charge >= 0.3 is 0 Å². The molecule has 1 saturated carbocycles. The van der Waals surface area contributed by atoms with Crippen LogP contribution in [-0.4, -0.2) is 6.54 Å². The second-order valence-corrected chi connectivity index (χ2v) is 7.93. The fourth-order valence-corrected chi connectivity index (χ4v) is 4.01. The maximum atomic E-state index is 3.61. The zero-order chi connectivity index (χ0) is 17.5. The first-order valence-corrected chi connectivity index (χ1v) is 9.81. The molecule has 1 heteroatoms. The monoisotopic (exact) mass is 339 g/mol. The Hall–Kier alpha value is -2.54. The Morgan fingerprint density at radius 1 is 0.962 bits per heavy atom. The molecule has 1 fully saturated rings. The first kappa shape index (κ1) is 15.7. The predicted molar refractivity (Wildman–Crippen MR) is 112 cm³/mol. The summed E-state index contributed by atoms with van der Waals surface area (Å²) in [5.41, 5.74) is 11.0. The van der Waals surface area contributed by atoms with Crippen LogP contribution in [0.25, 0.3) is 17.2 Å². The van der Waals surface area contributed by atoms with E-state index in [1.165, 1.54) is 57.5 Å². The van der Waals surface area contributed by atoms with E-state index in [-0.39, 0.29) is 0 Å². The van der Waals surface area contributed by atoms with E-state index in [0.29, 0.717) is 0 Å². The van der Waals surface area contributed by atoms with Crippen molar-refractivity contribution < 1.29 is 0 Å². The standard InChI is InChI=1S/C25H25N/c1-17-13-21(11-12-25(17)26-16-18-5-6-18)22-9-10-24(15-22)23-8-7-19-3-2-4-20(19)14-23/h2,4,7-14,18,26H,3,5-6,15-16H2,1H3. The highest BCUT2D eigenvalue weighted by atomic mass is 14.9. The smallest absolute Gasteiger partial charge is 0.0370 e. The van der Waals surface area contributed by atoms with Crippen LogP contribution in [0.1, 0.15) is 47.1 Å². The summed E-state index contributed by atoms with van der Waals surface area (Å²) in [6.45, 7) is 3.34. The van der Waals surface area contributed by atoms with Gasteiger partial charge in [-0.05, 0) is 95.7 Å². The van der Waals surface area contributed by atoms with Crippen LogP contribution in [0.15, 0.2) is 54.6 Å². The summed E-state index contributed by atoms with van der Waals surface area (Å²) in [5.74, 6) is 0.903. The zero-order valence-electron chi connectivity index (χ0n) is 15.4. The second kappa shape index (κ2) is 6.32. The first-order chi connectivity index (χ1) is 12.8. The van der Waals surface area contributed by atoms with Crippen molar-refractivity contribution in [3.05, 3.63) is 82.4 Å². The Balaban J connectivity index is 1.30. The lowest BCUT2D eigenvalue weighted by Crippen LogP contribution is -2.04. The number of aryl methyl sites for hydroxylation is 1. The van der Waals surface area contributed by atoms with Crippen molar-refractivity contribution in [1.82, 2.24) is 0 Å². The number of anilines is 1. The summed E-state index contributed by atoms with van der Waals surface area (Å²) in [6, 6.07) is 13.8. The lowest BCUT2D eigenvalue weighted by molar-refractivity contribution is 0.888. The number of hydrogen-bond donors (Lipinski definition) is 1. The molecular formula is C25H25N. The van der Waals surface area contributed by atoms with E-state index >= 15 is 0 Å². The molecule has 0 spiro atoms. The lowest BCUT2D eigenvalue weighted by Gasteiger charge is -2.12. The highest BCUT2D eigenvalue weighted by Crippen LogP contribution is 2.36. The summed E-state index contributed by atoms with van der Waals surface area (Å²) in [7, 11) is 0. The van der Waals surface area contributed by atoms with Crippen molar-refractivity contribution in [3.8, 4) is 0 Å². The lowest BCUT2D eigenvalue weighted by atomic mass is 9.95. The zero-order valence-corrected chi connectivity index (χ0v) is 15.4. The quantitative estimate of drug-likeness (QED) is 0.678. The highest BCUT2D eigenvalue weighted by Gasteiger charge is 2.21. The minimum Gasteiger partial charge on any atom is -0.385 e. The van der Waals surface area contributed by atoms with Gasteiger partial charge in [-0.1, -0.05) is 42.5 Å². The fraction of sp³-hybridized carbons (Fsp3) is 0.280. The molecular weight excluding hydrogens is 314 g/mol. The first-order valence-electron chi connectivity index (χ1n) is 9.81. The summed E-state index contributed by atoms with van der Waals surface area (Å²) >= 11 is 0. The average molecular weight is 339 g/mol. The minimum absolute atomic E-state index is 0.903. The molecule has 2 aromatic carbocycles. The van der Waals surface area contributed by atoms with E-state index in [4.69, 9.17) is 0 Å². The van der Waals surface area contributed by atoms with E-state index in [2.05, 4.69) is 72.9 Å². The molecule has 2 aromatic rings.